The van der Waals surface area contributed by atoms with E-state index >= 15 is 0 Å². The zero-order chi connectivity index (χ0) is 23.1. The number of nitrogens with zero attached hydrogens (tertiary/aromatic N) is 2. The Morgan fingerprint density at radius 2 is 1.82 bits per heavy atom. The third kappa shape index (κ3) is 4.06. The van der Waals surface area contributed by atoms with Crippen molar-refractivity contribution >= 4 is 28.2 Å². The maximum Gasteiger partial charge on any atom is 0.289 e. The first kappa shape index (κ1) is 21.6. The van der Waals surface area contributed by atoms with Gasteiger partial charge >= 0.3 is 0 Å². The third-order valence-corrected chi connectivity index (χ3v) is 8.19. The van der Waals surface area contributed by atoms with Gasteiger partial charge in [0.1, 0.15) is 5.58 Å². The van der Waals surface area contributed by atoms with Crippen LogP contribution in [0.25, 0.3) is 11.0 Å². The number of thiophene rings is 1. The molecule has 4 heterocycles. The lowest BCUT2D eigenvalue weighted by Crippen LogP contribution is -2.42. The second kappa shape index (κ2) is 8.69. The van der Waals surface area contributed by atoms with Crippen molar-refractivity contribution in [3.05, 3.63) is 93.4 Å². The van der Waals surface area contributed by atoms with Crippen molar-refractivity contribution in [1.29, 1.82) is 0 Å². The predicted octanol–water partition coefficient (Wildman–Crippen LogP) is 5.18. The minimum atomic E-state index is -0.849. The highest BCUT2D eigenvalue weighted by atomic mass is 32.1. The Morgan fingerprint density at radius 3 is 2.62 bits per heavy atom. The highest BCUT2D eigenvalue weighted by Gasteiger charge is 2.34. The lowest BCUT2D eigenvalue weighted by molar-refractivity contribution is -0.0274. The quantitative estimate of drug-likeness (QED) is 0.445. The summed E-state index contributed by atoms with van der Waals surface area (Å²) in [7, 11) is 0. The molecule has 2 aliphatic heterocycles. The van der Waals surface area contributed by atoms with E-state index in [1.165, 1.54) is 16.0 Å². The fourth-order valence-corrected chi connectivity index (χ4v) is 6.00. The molecule has 0 radical (unpaired) electrons. The Morgan fingerprint density at radius 1 is 1.00 bits per heavy atom. The molecule has 34 heavy (non-hydrogen) atoms. The number of rotatable bonds is 4. The number of carbonyl (C=O) groups is 1. The number of aliphatic hydroxyl groups is 1. The molecule has 2 aliphatic rings. The summed E-state index contributed by atoms with van der Waals surface area (Å²) in [5.41, 5.74) is 3.26. The van der Waals surface area contributed by atoms with Gasteiger partial charge in [-0.2, -0.15) is 0 Å². The molecule has 4 aromatic rings. The van der Waals surface area contributed by atoms with Crippen LogP contribution >= 0.6 is 11.3 Å². The van der Waals surface area contributed by atoms with Crippen LogP contribution in [0.15, 0.2) is 70.5 Å². The molecule has 6 heteroatoms. The van der Waals surface area contributed by atoms with Gasteiger partial charge in [-0.3, -0.25) is 9.69 Å². The maximum absolute atomic E-state index is 13.2. The minimum absolute atomic E-state index is 0.0761. The van der Waals surface area contributed by atoms with Crippen LogP contribution in [-0.2, 0) is 25.1 Å². The van der Waals surface area contributed by atoms with Crippen molar-refractivity contribution in [3.8, 4) is 0 Å². The molecule has 2 aromatic heterocycles. The number of benzene rings is 2. The fraction of sp³-hybridized carbons (Fsp3) is 0.321. The van der Waals surface area contributed by atoms with Gasteiger partial charge in [0, 0.05) is 43.0 Å². The van der Waals surface area contributed by atoms with Gasteiger partial charge in [-0.1, -0.05) is 36.4 Å². The molecule has 1 fully saturated rings. The van der Waals surface area contributed by atoms with Gasteiger partial charge in [-0.25, -0.2) is 0 Å². The Hall–Kier alpha value is -2.93. The molecule has 174 valence electrons. The Kier molecular flexibility index (Phi) is 5.52. The molecular formula is C28H28N2O3S. The van der Waals surface area contributed by atoms with E-state index in [-0.39, 0.29) is 5.91 Å². The van der Waals surface area contributed by atoms with Crippen LogP contribution in [0.1, 0.15) is 45.0 Å². The average Bonchev–Trinajstić information content (AvgIpc) is 3.54. The number of fused-ring (bicyclic) bond motifs is 2. The average molecular weight is 473 g/mol. The summed E-state index contributed by atoms with van der Waals surface area (Å²) in [6.07, 6.45) is 2.25. The van der Waals surface area contributed by atoms with Crippen molar-refractivity contribution in [2.24, 2.45) is 0 Å². The number of piperidine rings is 1. The lowest BCUT2D eigenvalue weighted by atomic mass is 9.84. The predicted molar refractivity (Wildman–Crippen MR) is 134 cm³/mol. The summed E-state index contributed by atoms with van der Waals surface area (Å²) in [6, 6.07) is 20.2. The first-order valence-corrected chi connectivity index (χ1v) is 12.8. The number of carbonyl (C=O) groups excluding carboxylic acids is 1. The second-order valence-electron chi connectivity index (χ2n) is 9.50. The molecule has 2 aromatic carbocycles. The smallest absolute Gasteiger partial charge is 0.289 e. The Labute approximate surface area is 203 Å². The summed E-state index contributed by atoms with van der Waals surface area (Å²) >= 11 is 1.78. The van der Waals surface area contributed by atoms with Crippen LogP contribution < -0.4 is 0 Å². The first-order chi connectivity index (χ1) is 16.6. The Balaban J connectivity index is 1.17. The van der Waals surface area contributed by atoms with E-state index in [2.05, 4.69) is 40.6 Å². The largest absolute Gasteiger partial charge is 0.451 e. The van der Waals surface area contributed by atoms with E-state index in [1.807, 2.05) is 35.2 Å². The topological polar surface area (TPSA) is 56.9 Å². The van der Waals surface area contributed by atoms with Gasteiger partial charge in [0.05, 0.1) is 5.60 Å². The lowest BCUT2D eigenvalue weighted by Gasteiger charge is -2.38. The van der Waals surface area contributed by atoms with Crippen molar-refractivity contribution in [3.63, 3.8) is 0 Å². The molecule has 0 unspecified atom stereocenters. The molecule has 1 amide bonds. The van der Waals surface area contributed by atoms with Crippen LogP contribution in [-0.4, -0.2) is 40.4 Å². The van der Waals surface area contributed by atoms with Crippen LogP contribution in [0.5, 0.6) is 0 Å². The maximum atomic E-state index is 13.2. The zero-order valence-electron chi connectivity index (χ0n) is 19.1. The first-order valence-electron chi connectivity index (χ1n) is 11.9. The summed E-state index contributed by atoms with van der Waals surface area (Å²) < 4.78 is 5.94. The van der Waals surface area contributed by atoms with Crippen LogP contribution in [0.3, 0.4) is 0 Å². The van der Waals surface area contributed by atoms with E-state index in [0.29, 0.717) is 37.3 Å². The molecule has 6 rings (SSSR count). The van der Waals surface area contributed by atoms with Gasteiger partial charge in [0.25, 0.3) is 5.91 Å². The van der Waals surface area contributed by atoms with E-state index in [4.69, 9.17) is 4.42 Å². The highest BCUT2D eigenvalue weighted by molar-refractivity contribution is 7.09. The van der Waals surface area contributed by atoms with Crippen molar-refractivity contribution < 1.29 is 14.3 Å². The SMILES string of the molecule is O=C(c1cc2cc(C3(O)CCN(Cc4cccs4)CC3)ccc2o1)N1CCc2ccccc2C1. The normalized spacial score (nSPS) is 18.2. The molecule has 0 saturated carbocycles. The third-order valence-electron chi connectivity index (χ3n) is 7.33. The zero-order valence-corrected chi connectivity index (χ0v) is 19.9. The molecule has 0 atom stereocenters. The fourth-order valence-electron chi connectivity index (χ4n) is 5.26. The monoisotopic (exact) mass is 472 g/mol. The molecule has 5 nitrogen and oxygen atoms in total. The van der Waals surface area contributed by atoms with Gasteiger partial charge < -0.3 is 14.4 Å². The second-order valence-corrected chi connectivity index (χ2v) is 10.5. The summed E-state index contributed by atoms with van der Waals surface area (Å²) in [5.74, 6) is 0.289. The number of furan rings is 1. The van der Waals surface area contributed by atoms with E-state index in [9.17, 15) is 9.90 Å². The van der Waals surface area contributed by atoms with Crippen molar-refractivity contribution in [1.82, 2.24) is 9.80 Å². The molecule has 1 N–H and O–H groups in total. The molecule has 0 spiro atoms. The Bertz CT molecular complexity index is 1320. The minimum Gasteiger partial charge on any atom is -0.451 e. The highest BCUT2D eigenvalue weighted by Crippen LogP contribution is 2.36. The molecular weight excluding hydrogens is 444 g/mol. The summed E-state index contributed by atoms with van der Waals surface area (Å²) in [6.45, 7) is 3.97. The van der Waals surface area contributed by atoms with Crippen LogP contribution in [0.4, 0.5) is 0 Å². The molecule has 0 bridgehead atoms. The van der Waals surface area contributed by atoms with Crippen molar-refractivity contribution in [2.75, 3.05) is 19.6 Å². The van der Waals surface area contributed by atoms with E-state index in [0.717, 1.165) is 37.0 Å². The number of likely N-dealkylation sites (tertiary alicyclic amines) is 1. The van der Waals surface area contributed by atoms with Crippen molar-refractivity contribution in [2.45, 2.75) is 38.0 Å². The van der Waals surface area contributed by atoms with Gasteiger partial charge in [-0.05, 0) is 65.6 Å². The van der Waals surface area contributed by atoms with Crippen LogP contribution in [0.2, 0.25) is 0 Å². The number of amides is 1. The van der Waals surface area contributed by atoms with Gasteiger partial charge in [0.15, 0.2) is 5.76 Å². The van der Waals surface area contributed by atoms with Gasteiger partial charge in [0.2, 0.25) is 0 Å². The summed E-state index contributed by atoms with van der Waals surface area (Å²) in [5, 5.41) is 14.4. The molecule has 1 saturated heterocycles. The van der Waals surface area contributed by atoms with E-state index < -0.39 is 5.60 Å². The molecule has 0 aliphatic carbocycles. The standard InChI is InChI=1S/C28H28N2O3S/c31-27(30-12-9-20-4-1-2-5-21(20)18-30)26-17-22-16-23(7-8-25(22)33-26)28(32)10-13-29(14-11-28)19-24-6-3-15-34-24/h1-8,15-17,32H,9-14,18-19H2. The van der Waals surface area contributed by atoms with Crippen LogP contribution in [0, 0.1) is 0 Å². The number of hydrogen-bond donors (Lipinski definition) is 1. The van der Waals surface area contributed by atoms with Gasteiger partial charge in [-0.15, -0.1) is 11.3 Å². The number of hydrogen-bond acceptors (Lipinski definition) is 5. The van der Waals surface area contributed by atoms with E-state index in [1.54, 1.807) is 11.3 Å². The summed E-state index contributed by atoms with van der Waals surface area (Å²) in [4.78, 5) is 18.8.